The SMILES string of the molecule is C=N/C(=C(/NC(=O)C(F)(F)F)OCc1cc2ccccc2s1)c1ccccc1. The molecule has 1 heterocycles. The number of benzene rings is 2. The first-order valence-electron chi connectivity index (χ1n) is 8.13. The average molecular weight is 404 g/mol. The van der Waals surface area contributed by atoms with Gasteiger partial charge in [-0.05, 0) is 24.2 Å². The third-order valence-corrected chi connectivity index (χ3v) is 4.83. The van der Waals surface area contributed by atoms with Gasteiger partial charge < -0.3 is 4.74 Å². The molecule has 0 fully saturated rings. The number of amides is 1. The highest BCUT2D eigenvalue weighted by atomic mass is 32.1. The van der Waals surface area contributed by atoms with E-state index in [-0.39, 0.29) is 12.3 Å². The number of thiophene rings is 1. The van der Waals surface area contributed by atoms with Crippen molar-refractivity contribution in [2.24, 2.45) is 4.99 Å². The summed E-state index contributed by atoms with van der Waals surface area (Å²) in [4.78, 5) is 16.0. The van der Waals surface area contributed by atoms with Crippen LogP contribution in [0.5, 0.6) is 0 Å². The molecule has 0 saturated heterocycles. The van der Waals surface area contributed by atoms with Crippen LogP contribution >= 0.6 is 11.3 Å². The molecule has 1 amide bonds. The monoisotopic (exact) mass is 404 g/mol. The zero-order chi connectivity index (χ0) is 20.1. The topological polar surface area (TPSA) is 50.7 Å². The molecule has 0 unspecified atom stereocenters. The molecule has 1 aromatic heterocycles. The van der Waals surface area contributed by atoms with Crippen LogP contribution in [-0.4, -0.2) is 18.8 Å². The lowest BCUT2D eigenvalue weighted by atomic mass is 10.1. The van der Waals surface area contributed by atoms with Crippen molar-refractivity contribution in [2.75, 3.05) is 0 Å². The van der Waals surface area contributed by atoms with Gasteiger partial charge in [0.15, 0.2) is 0 Å². The fourth-order valence-electron chi connectivity index (χ4n) is 2.48. The molecule has 8 heteroatoms. The van der Waals surface area contributed by atoms with Gasteiger partial charge in [-0.25, -0.2) is 0 Å². The van der Waals surface area contributed by atoms with E-state index in [1.807, 2.05) is 30.3 Å². The molecule has 3 rings (SSSR count). The molecule has 144 valence electrons. The van der Waals surface area contributed by atoms with E-state index in [1.54, 1.807) is 35.6 Å². The van der Waals surface area contributed by atoms with E-state index in [2.05, 4.69) is 11.7 Å². The molecule has 28 heavy (non-hydrogen) atoms. The first-order chi connectivity index (χ1) is 13.4. The number of ether oxygens (including phenoxy) is 1. The van der Waals surface area contributed by atoms with E-state index in [9.17, 15) is 18.0 Å². The number of alkyl halides is 3. The summed E-state index contributed by atoms with van der Waals surface area (Å²) in [6.07, 6.45) is -5.06. The number of aliphatic imine (C=N–C) groups is 1. The zero-order valence-electron chi connectivity index (χ0n) is 14.5. The standard InChI is InChI=1S/C20H15F3N2O2S/c1-24-17(13-7-3-2-4-8-13)18(25-19(26)20(21,22)23)27-12-15-11-14-9-5-6-10-16(14)28-15/h2-11H,1,12H2,(H,25,26)/b18-17-. The summed E-state index contributed by atoms with van der Waals surface area (Å²) in [7, 11) is 0. The Balaban J connectivity index is 1.92. The highest BCUT2D eigenvalue weighted by Gasteiger charge is 2.39. The Hall–Kier alpha value is -3.13. The van der Waals surface area contributed by atoms with Gasteiger partial charge in [0, 0.05) is 15.1 Å². The molecular weight excluding hydrogens is 389 g/mol. The van der Waals surface area contributed by atoms with Crippen LogP contribution in [0.3, 0.4) is 0 Å². The van der Waals surface area contributed by atoms with Crippen LogP contribution in [-0.2, 0) is 16.1 Å². The van der Waals surface area contributed by atoms with Gasteiger partial charge in [0.25, 0.3) is 0 Å². The third-order valence-electron chi connectivity index (χ3n) is 3.74. The number of hydrogen-bond donors (Lipinski definition) is 1. The number of carbonyl (C=O) groups is 1. The maximum absolute atomic E-state index is 12.7. The van der Waals surface area contributed by atoms with E-state index < -0.39 is 18.0 Å². The van der Waals surface area contributed by atoms with E-state index in [0.29, 0.717) is 5.56 Å². The van der Waals surface area contributed by atoms with Crippen molar-refractivity contribution < 1.29 is 22.7 Å². The second-order valence-corrected chi connectivity index (χ2v) is 6.86. The summed E-state index contributed by atoms with van der Waals surface area (Å²) in [5.74, 6) is -2.54. The van der Waals surface area contributed by atoms with E-state index in [1.165, 1.54) is 11.3 Å². The fraction of sp³-hybridized carbons (Fsp3) is 0.100. The van der Waals surface area contributed by atoms with Gasteiger partial charge in [0.1, 0.15) is 12.3 Å². The van der Waals surface area contributed by atoms with Crippen LogP contribution in [0.4, 0.5) is 13.2 Å². The third kappa shape index (κ3) is 4.58. The van der Waals surface area contributed by atoms with Crippen LogP contribution in [0.15, 0.2) is 71.5 Å². The molecule has 0 aliphatic heterocycles. The molecule has 4 nitrogen and oxygen atoms in total. The fourth-order valence-corrected chi connectivity index (χ4v) is 3.46. The second kappa shape index (κ2) is 8.26. The first kappa shape index (κ1) is 19.6. The largest absolute Gasteiger partial charge is 0.472 e. The highest BCUT2D eigenvalue weighted by Crippen LogP contribution is 2.28. The van der Waals surface area contributed by atoms with E-state index in [0.717, 1.165) is 15.0 Å². The Morgan fingerprint density at radius 3 is 2.43 bits per heavy atom. The number of carbonyl (C=O) groups excluding carboxylic acids is 1. The van der Waals surface area contributed by atoms with Crippen molar-refractivity contribution >= 4 is 39.7 Å². The summed E-state index contributed by atoms with van der Waals surface area (Å²) >= 11 is 1.45. The number of nitrogens with one attached hydrogen (secondary N) is 1. The molecule has 0 spiro atoms. The van der Waals surface area contributed by atoms with Gasteiger partial charge in [-0.3, -0.25) is 15.1 Å². The summed E-state index contributed by atoms with van der Waals surface area (Å²) in [5, 5.41) is 2.78. The summed E-state index contributed by atoms with van der Waals surface area (Å²) in [6, 6.07) is 17.9. The summed E-state index contributed by atoms with van der Waals surface area (Å²) in [6.45, 7) is 3.37. The number of fused-ring (bicyclic) bond motifs is 1. The number of rotatable bonds is 6. The van der Waals surface area contributed by atoms with Crippen molar-refractivity contribution in [1.82, 2.24) is 5.32 Å². The smallest absolute Gasteiger partial charge is 0.471 e. The van der Waals surface area contributed by atoms with Crippen molar-refractivity contribution in [3.8, 4) is 0 Å². The molecule has 0 aliphatic carbocycles. The maximum Gasteiger partial charge on any atom is 0.471 e. The average Bonchev–Trinajstić information content (AvgIpc) is 3.09. The minimum atomic E-state index is -5.06. The van der Waals surface area contributed by atoms with Gasteiger partial charge in [-0.1, -0.05) is 48.5 Å². The molecule has 1 N–H and O–H groups in total. The molecule has 2 aromatic carbocycles. The molecule has 3 aromatic rings. The molecule has 0 radical (unpaired) electrons. The van der Waals surface area contributed by atoms with E-state index >= 15 is 0 Å². The Bertz CT molecular complexity index is 994. The lowest BCUT2D eigenvalue weighted by molar-refractivity contribution is -0.173. The van der Waals surface area contributed by atoms with Gasteiger partial charge in [0.05, 0.1) is 0 Å². The Morgan fingerprint density at radius 2 is 1.79 bits per heavy atom. The lowest BCUT2D eigenvalue weighted by Crippen LogP contribution is -2.37. The first-order valence-corrected chi connectivity index (χ1v) is 8.95. The van der Waals surface area contributed by atoms with Gasteiger partial charge in [-0.15, -0.1) is 11.3 Å². The number of nitrogens with zero attached hydrogens (tertiary/aromatic N) is 1. The number of hydrogen-bond acceptors (Lipinski definition) is 4. The van der Waals surface area contributed by atoms with Crippen LogP contribution in [0.25, 0.3) is 15.8 Å². The van der Waals surface area contributed by atoms with Crippen LogP contribution in [0.2, 0.25) is 0 Å². The van der Waals surface area contributed by atoms with Crippen LogP contribution < -0.4 is 5.32 Å². The molecule has 0 atom stereocenters. The molecule has 0 saturated carbocycles. The number of halogens is 3. The van der Waals surface area contributed by atoms with E-state index in [4.69, 9.17) is 4.74 Å². The summed E-state index contributed by atoms with van der Waals surface area (Å²) in [5.41, 5.74) is 0.477. The molecular formula is C20H15F3N2O2S. The highest BCUT2D eigenvalue weighted by molar-refractivity contribution is 7.19. The maximum atomic E-state index is 12.7. The molecule has 0 aliphatic rings. The normalized spacial score (nSPS) is 12.4. The predicted octanol–water partition coefficient (Wildman–Crippen LogP) is 5.12. The van der Waals surface area contributed by atoms with Crippen molar-refractivity contribution in [2.45, 2.75) is 12.8 Å². The van der Waals surface area contributed by atoms with Crippen LogP contribution in [0.1, 0.15) is 10.4 Å². The predicted molar refractivity (Wildman–Crippen MR) is 104 cm³/mol. The molecule has 0 bridgehead atoms. The quantitative estimate of drug-likeness (QED) is 0.458. The Morgan fingerprint density at radius 1 is 1.11 bits per heavy atom. The zero-order valence-corrected chi connectivity index (χ0v) is 15.3. The summed E-state index contributed by atoms with van der Waals surface area (Å²) < 4.78 is 44.8. The Labute approximate surface area is 163 Å². The van der Waals surface area contributed by atoms with Gasteiger partial charge >= 0.3 is 12.1 Å². The second-order valence-electron chi connectivity index (χ2n) is 5.69. The minimum Gasteiger partial charge on any atom is -0.472 e. The minimum absolute atomic E-state index is 0.0133. The van der Waals surface area contributed by atoms with Gasteiger partial charge in [0.2, 0.25) is 5.88 Å². The van der Waals surface area contributed by atoms with Gasteiger partial charge in [-0.2, -0.15) is 13.2 Å². The van der Waals surface area contributed by atoms with Crippen LogP contribution in [0, 0.1) is 0 Å². The Kier molecular flexibility index (Phi) is 5.79. The lowest BCUT2D eigenvalue weighted by Gasteiger charge is -2.15. The van der Waals surface area contributed by atoms with Crippen molar-refractivity contribution in [3.05, 3.63) is 77.0 Å². The van der Waals surface area contributed by atoms with Crippen molar-refractivity contribution in [1.29, 1.82) is 0 Å². The van der Waals surface area contributed by atoms with Crippen molar-refractivity contribution in [3.63, 3.8) is 0 Å².